The van der Waals surface area contributed by atoms with Gasteiger partial charge in [-0.1, -0.05) is 11.6 Å². The molecule has 3 rings (SSSR count). The van der Waals surface area contributed by atoms with Gasteiger partial charge in [-0.05, 0) is 18.2 Å². The van der Waals surface area contributed by atoms with Crippen LogP contribution in [0, 0.1) is 5.82 Å². The summed E-state index contributed by atoms with van der Waals surface area (Å²) in [5, 5.41) is 0.201. The van der Waals surface area contributed by atoms with Crippen LogP contribution < -0.4 is 9.64 Å². The Morgan fingerprint density at radius 3 is 2.68 bits per heavy atom. The second-order valence-electron chi connectivity index (χ2n) is 5.71. The molecule has 1 aromatic carbocycles. The van der Waals surface area contributed by atoms with Crippen molar-refractivity contribution in [3.63, 3.8) is 0 Å². The lowest BCUT2D eigenvalue weighted by Crippen LogP contribution is -2.47. The Balaban J connectivity index is 1.64. The topological polar surface area (TPSA) is 50.7 Å². The first-order valence-corrected chi connectivity index (χ1v) is 8.44. The molecule has 0 radical (unpaired) electrons. The van der Waals surface area contributed by atoms with E-state index in [9.17, 15) is 4.39 Å². The van der Waals surface area contributed by atoms with Gasteiger partial charge in [0, 0.05) is 45.9 Å². The normalized spacial score (nSPS) is 15.4. The highest BCUT2D eigenvalue weighted by Crippen LogP contribution is 2.29. The van der Waals surface area contributed by atoms with Gasteiger partial charge in [-0.3, -0.25) is 4.90 Å². The molecule has 25 heavy (non-hydrogen) atoms. The Morgan fingerprint density at radius 2 is 1.96 bits per heavy atom. The third kappa shape index (κ3) is 4.78. The van der Waals surface area contributed by atoms with Crippen LogP contribution in [0.3, 0.4) is 0 Å². The molecule has 0 spiro atoms. The molecule has 2 aromatic rings. The van der Waals surface area contributed by atoms with Crippen molar-refractivity contribution in [3.05, 3.63) is 41.4 Å². The van der Waals surface area contributed by atoms with Gasteiger partial charge in [-0.25, -0.2) is 14.4 Å². The predicted octanol–water partition coefficient (Wildman–Crippen LogP) is 2.83. The Labute approximate surface area is 151 Å². The molecular formula is C17H20ClFN4O2. The Hall–Kier alpha value is -1.96. The van der Waals surface area contributed by atoms with Crippen molar-refractivity contribution in [1.29, 1.82) is 0 Å². The van der Waals surface area contributed by atoms with Gasteiger partial charge in [0.05, 0.1) is 11.6 Å². The fraction of sp³-hybridized carbons (Fsp3) is 0.412. The highest BCUT2D eigenvalue weighted by Gasteiger charge is 2.18. The van der Waals surface area contributed by atoms with E-state index in [1.807, 2.05) is 0 Å². The van der Waals surface area contributed by atoms with Gasteiger partial charge >= 0.3 is 0 Å². The van der Waals surface area contributed by atoms with Gasteiger partial charge in [-0.2, -0.15) is 0 Å². The Kier molecular flexibility index (Phi) is 6.01. The summed E-state index contributed by atoms with van der Waals surface area (Å²) in [6.07, 6.45) is 1.46. The summed E-state index contributed by atoms with van der Waals surface area (Å²) in [5.74, 6) is 1.12. The smallest absolute Gasteiger partial charge is 0.224 e. The maximum absolute atomic E-state index is 13.1. The fourth-order valence-corrected chi connectivity index (χ4v) is 2.86. The van der Waals surface area contributed by atoms with Crippen LogP contribution in [0.5, 0.6) is 11.6 Å². The first-order chi connectivity index (χ1) is 12.2. The molecule has 1 aromatic heterocycles. The molecule has 0 unspecified atom stereocenters. The molecule has 2 heterocycles. The van der Waals surface area contributed by atoms with Gasteiger partial charge in [0.25, 0.3) is 0 Å². The molecule has 1 fully saturated rings. The number of nitrogens with zero attached hydrogens (tertiary/aromatic N) is 4. The lowest BCUT2D eigenvalue weighted by Gasteiger charge is -2.35. The SMILES string of the molecule is COCCN1CCN(c2cc(Oc3ccc(F)cc3Cl)ncn2)CC1. The minimum absolute atomic E-state index is 0.201. The molecule has 0 atom stereocenters. The van der Waals surface area contributed by atoms with Crippen molar-refractivity contribution < 1.29 is 13.9 Å². The van der Waals surface area contributed by atoms with Crippen LogP contribution in [-0.4, -0.2) is 61.3 Å². The number of piperazine rings is 1. The van der Waals surface area contributed by atoms with Crippen LogP contribution in [0.1, 0.15) is 0 Å². The summed E-state index contributed by atoms with van der Waals surface area (Å²) < 4.78 is 23.9. The van der Waals surface area contributed by atoms with E-state index < -0.39 is 5.82 Å². The monoisotopic (exact) mass is 366 g/mol. The van der Waals surface area contributed by atoms with Crippen LogP contribution in [0.15, 0.2) is 30.6 Å². The molecule has 0 N–H and O–H groups in total. The van der Waals surface area contributed by atoms with Crippen LogP contribution >= 0.6 is 11.6 Å². The number of halogens is 2. The van der Waals surface area contributed by atoms with E-state index >= 15 is 0 Å². The molecule has 1 aliphatic rings. The van der Waals surface area contributed by atoms with E-state index in [2.05, 4.69) is 19.8 Å². The van der Waals surface area contributed by atoms with Crippen LogP contribution in [-0.2, 0) is 4.74 Å². The van der Waals surface area contributed by atoms with Crippen molar-refractivity contribution in [2.45, 2.75) is 0 Å². The average Bonchev–Trinajstić information content (AvgIpc) is 2.63. The minimum Gasteiger partial charge on any atom is -0.437 e. The van der Waals surface area contributed by atoms with Gasteiger partial charge in [-0.15, -0.1) is 0 Å². The van der Waals surface area contributed by atoms with E-state index in [1.165, 1.54) is 24.5 Å². The zero-order valence-corrected chi connectivity index (χ0v) is 14.7. The van der Waals surface area contributed by atoms with E-state index in [0.29, 0.717) is 11.6 Å². The summed E-state index contributed by atoms with van der Waals surface area (Å²) in [5.41, 5.74) is 0. The lowest BCUT2D eigenvalue weighted by molar-refractivity contribution is 0.144. The maximum atomic E-state index is 13.1. The number of rotatable bonds is 6. The minimum atomic E-state index is -0.410. The van der Waals surface area contributed by atoms with Crippen molar-refractivity contribution in [1.82, 2.24) is 14.9 Å². The second kappa shape index (κ2) is 8.42. The van der Waals surface area contributed by atoms with Gasteiger partial charge in [0.2, 0.25) is 5.88 Å². The number of anilines is 1. The summed E-state index contributed by atoms with van der Waals surface area (Å²) in [6, 6.07) is 5.75. The summed E-state index contributed by atoms with van der Waals surface area (Å²) in [6.45, 7) is 5.32. The molecule has 0 bridgehead atoms. The van der Waals surface area contributed by atoms with Gasteiger partial charge in [0.1, 0.15) is 23.7 Å². The number of hydrogen-bond acceptors (Lipinski definition) is 6. The van der Waals surface area contributed by atoms with E-state index in [1.54, 1.807) is 13.2 Å². The van der Waals surface area contributed by atoms with Crippen LogP contribution in [0.2, 0.25) is 5.02 Å². The average molecular weight is 367 g/mol. The number of methoxy groups -OCH3 is 1. The van der Waals surface area contributed by atoms with Gasteiger partial charge < -0.3 is 14.4 Å². The quantitative estimate of drug-likeness (QED) is 0.783. The third-order valence-electron chi connectivity index (χ3n) is 4.04. The van der Waals surface area contributed by atoms with Gasteiger partial charge in [0.15, 0.2) is 0 Å². The Morgan fingerprint density at radius 1 is 1.16 bits per heavy atom. The number of ether oxygens (including phenoxy) is 2. The van der Waals surface area contributed by atoms with Crippen LogP contribution in [0.4, 0.5) is 10.2 Å². The van der Waals surface area contributed by atoms with Crippen molar-refractivity contribution in [2.24, 2.45) is 0 Å². The van der Waals surface area contributed by atoms with Crippen LogP contribution in [0.25, 0.3) is 0 Å². The first kappa shape index (κ1) is 17.8. The van der Waals surface area contributed by atoms with E-state index in [4.69, 9.17) is 21.1 Å². The number of hydrogen-bond donors (Lipinski definition) is 0. The zero-order valence-electron chi connectivity index (χ0n) is 14.0. The second-order valence-corrected chi connectivity index (χ2v) is 6.12. The first-order valence-electron chi connectivity index (χ1n) is 8.07. The van der Waals surface area contributed by atoms with Crippen molar-refractivity contribution >= 4 is 17.4 Å². The Bertz CT molecular complexity index is 711. The molecule has 1 aliphatic heterocycles. The highest BCUT2D eigenvalue weighted by molar-refractivity contribution is 6.32. The molecule has 6 nitrogen and oxygen atoms in total. The van der Waals surface area contributed by atoms with Crippen molar-refractivity contribution in [2.75, 3.05) is 51.3 Å². The van der Waals surface area contributed by atoms with E-state index in [-0.39, 0.29) is 5.02 Å². The molecule has 134 valence electrons. The standard InChI is InChI=1S/C17H20ClFN4O2/c1-24-9-8-22-4-6-23(7-5-22)16-11-17(21-12-20-16)25-15-3-2-13(19)10-14(15)18/h2-3,10-12H,4-9H2,1H3. The molecule has 0 aliphatic carbocycles. The predicted molar refractivity (Wildman–Crippen MR) is 94.0 cm³/mol. The fourth-order valence-electron chi connectivity index (χ4n) is 2.65. The molecule has 0 saturated carbocycles. The molecular weight excluding hydrogens is 347 g/mol. The lowest BCUT2D eigenvalue weighted by atomic mass is 10.3. The molecule has 0 amide bonds. The molecule has 1 saturated heterocycles. The van der Waals surface area contributed by atoms with E-state index in [0.717, 1.165) is 45.1 Å². The highest BCUT2D eigenvalue weighted by atomic mass is 35.5. The number of aromatic nitrogens is 2. The maximum Gasteiger partial charge on any atom is 0.224 e. The van der Waals surface area contributed by atoms with Crippen molar-refractivity contribution in [3.8, 4) is 11.6 Å². The number of benzene rings is 1. The largest absolute Gasteiger partial charge is 0.437 e. The summed E-state index contributed by atoms with van der Waals surface area (Å²) >= 11 is 5.99. The summed E-state index contributed by atoms with van der Waals surface area (Å²) in [7, 11) is 1.71. The zero-order chi connectivity index (χ0) is 17.6. The molecule has 8 heteroatoms. The third-order valence-corrected chi connectivity index (χ3v) is 4.34. The summed E-state index contributed by atoms with van der Waals surface area (Å²) in [4.78, 5) is 13.0.